The summed E-state index contributed by atoms with van der Waals surface area (Å²) in [6.07, 6.45) is 0. The van der Waals surface area contributed by atoms with Crippen molar-refractivity contribution in [3.8, 4) is 33.8 Å². The molecule has 5 heteroatoms. The Hall–Kier alpha value is -3.60. The van der Waals surface area contributed by atoms with Gasteiger partial charge in [0.15, 0.2) is 0 Å². The molecule has 2 amide bonds. The number of benzene rings is 3. The largest absolute Gasteiger partial charge is 0.455 e. The number of primary amides is 2. The highest BCUT2D eigenvalue weighted by molar-refractivity contribution is 6.08. The summed E-state index contributed by atoms with van der Waals surface area (Å²) in [6, 6.07) is 18.0. The zero-order valence-corrected chi connectivity index (χ0v) is 13.2. The predicted molar refractivity (Wildman–Crippen MR) is 94.4 cm³/mol. The van der Waals surface area contributed by atoms with E-state index in [1.807, 2.05) is 48.5 Å². The van der Waals surface area contributed by atoms with Crippen LogP contribution in [0.1, 0.15) is 20.7 Å². The summed E-state index contributed by atoms with van der Waals surface area (Å²) in [6.45, 7) is 0. The van der Waals surface area contributed by atoms with E-state index in [1.165, 1.54) is 12.1 Å². The summed E-state index contributed by atoms with van der Waals surface area (Å²) in [5.41, 5.74) is 14.6. The predicted octanol–water partition coefficient (Wildman–Crippen LogP) is 3.32. The Kier molecular flexibility index (Phi) is 3.28. The van der Waals surface area contributed by atoms with Crippen molar-refractivity contribution in [3.63, 3.8) is 0 Å². The minimum Gasteiger partial charge on any atom is -0.455 e. The number of ether oxygens (including phenoxy) is 1. The SMILES string of the molecule is NC(=O)c1ccc(C(N)=O)c2c1Oc1ccccc1-c1ccccc1-2. The van der Waals surface area contributed by atoms with Crippen LogP contribution in [0, 0.1) is 0 Å². The van der Waals surface area contributed by atoms with E-state index in [9.17, 15) is 9.59 Å². The lowest BCUT2D eigenvalue weighted by Gasteiger charge is -2.15. The molecule has 1 aliphatic heterocycles. The summed E-state index contributed by atoms with van der Waals surface area (Å²) in [7, 11) is 0. The van der Waals surface area contributed by atoms with Crippen molar-refractivity contribution in [2.45, 2.75) is 0 Å². The molecule has 0 atom stereocenters. The molecule has 4 N–H and O–H groups in total. The normalized spacial score (nSPS) is 11.4. The van der Waals surface area contributed by atoms with Crippen LogP contribution in [-0.2, 0) is 0 Å². The van der Waals surface area contributed by atoms with Crippen molar-refractivity contribution < 1.29 is 14.3 Å². The summed E-state index contributed by atoms with van der Waals surface area (Å²) < 4.78 is 6.06. The molecule has 122 valence electrons. The van der Waals surface area contributed by atoms with Crippen molar-refractivity contribution in [1.29, 1.82) is 0 Å². The van der Waals surface area contributed by atoms with Crippen LogP contribution < -0.4 is 16.2 Å². The first-order valence-corrected chi connectivity index (χ1v) is 7.71. The van der Waals surface area contributed by atoms with Crippen LogP contribution in [0.2, 0.25) is 0 Å². The first kappa shape index (κ1) is 15.0. The number of carbonyl (C=O) groups excluding carboxylic acids is 2. The van der Waals surface area contributed by atoms with Crippen molar-refractivity contribution in [3.05, 3.63) is 71.8 Å². The van der Waals surface area contributed by atoms with Crippen molar-refractivity contribution in [1.82, 2.24) is 0 Å². The summed E-state index contributed by atoms with van der Waals surface area (Å²) in [5.74, 6) is -0.403. The van der Waals surface area contributed by atoms with Gasteiger partial charge in [-0.15, -0.1) is 0 Å². The summed E-state index contributed by atoms with van der Waals surface area (Å²) in [5, 5.41) is 0. The molecular formula is C20H14N2O3. The van der Waals surface area contributed by atoms with E-state index in [2.05, 4.69) is 0 Å². The average molecular weight is 330 g/mol. The molecule has 0 aliphatic carbocycles. The first-order chi connectivity index (χ1) is 12.1. The maximum Gasteiger partial charge on any atom is 0.252 e. The third-order valence-corrected chi connectivity index (χ3v) is 4.27. The quantitative estimate of drug-likeness (QED) is 0.590. The molecule has 4 rings (SSSR count). The van der Waals surface area contributed by atoms with E-state index in [1.54, 1.807) is 0 Å². The maximum absolute atomic E-state index is 12.0. The number of amides is 2. The second-order valence-corrected chi connectivity index (χ2v) is 5.74. The average Bonchev–Trinajstić information content (AvgIpc) is 2.75. The molecule has 0 unspecified atom stereocenters. The molecule has 1 aliphatic rings. The van der Waals surface area contributed by atoms with Crippen molar-refractivity contribution >= 4 is 11.8 Å². The molecule has 25 heavy (non-hydrogen) atoms. The molecule has 0 aromatic heterocycles. The third-order valence-electron chi connectivity index (χ3n) is 4.27. The molecule has 0 saturated carbocycles. The number of rotatable bonds is 2. The molecule has 1 heterocycles. The van der Waals surface area contributed by atoms with E-state index >= 15 is 0 Å². The van der Waals surface area contributed by atoms with Gasteiger partial charge in [-0.25, -0.2) is 0 Å². The topological polar surface area (TPSA) is 95.4 Å². The Bertz CT molecular complexity index is 1040. The van der Waals surface area contributed by atoms with E-state index in [-0.39, 0.29) is 16.9 Å². The molecule has 0 bridgehead atoms. The second kappa shape index (κ2) is 5.49. The zero-order valence-electron chi connectivity index (χ0n) is 13.2. The monoisotopic (exact) mass is 330 g/mol. The number of carbonyl (C=O) groups is 2. The molecular weight excluding hydrogens is 316 g/mol. The number of hydrogen-bond acceptors (Lipinski definition) is 3. The zero-order chi connectivity index (χ0) is 17.6. The molecule has 3 aromatic carbocycles. The number of fused-ring (bicyclic) bond motifs is 5. The number of nitrogens with two attached hydrogens (primary N) is 2. The minimum absolute atomic E-state index is 0.200. The van der Waals surface area contributed by atoms with E-state index in [0.717, 1.165) is 16.7 Å². The Balaban J connectivity index is 2.19. The summed E-state index contributed by atoms with van der Waals surface area (Å²) >= 11 is 0. The van der Waals surface area contributed by atoms with Gasteiger partial charge in [0.25, 0.3) is 5.91 Å². The third kappa shape index (κ3) is 2.25. The Morgan fingerprint density at radius 1 is 0.680 bits per heavy atom. The highest BCUT2D eigenvalue weighted by atomic mass is 16.5. The van der Waals surface area contributed by atoms with Crippen LogP contribution in [0.3, 0.4) is 0 Å². The molecule has 0 saturated heterocycles. The smallest absolute Gasteiger partial charge is 0.252 e. The highest BCUT2D eigenvalue weighted by Gasteiger charge is 2.27. The van der Waals surface area contributed by atoms with Crippen molar-refractivity contribution in [2.24, 2.45) is 11.5 Å². The van der Waals surface area contributed by atoms with Gasteiger partial charge in [0.1, 0.15) is 11.5 Å². The van der Waals surface area contributed by atoms with Crippen LogP contribution in [0.15, 0.2) is 60.7 Å². The molecule has 0 spiro atoms. The molecule has 0 fully saturated rings. The van der Waals surface area contributed by atoms with E-state index < -0.39 is 11.8 Å². The Morgan fingerprint density at radius 3 is 1.92 bits per heavy atom. The van der Waals surface area contributed by atoms with E-state index in [0.29, 0.717) is 11.3 Å². The fourth-order valence-corrected chi connectivity index (χ4v) is 3.18. The van der Waals surface area contributed by atoms with Gasteiger partial charge in [-0.3, -0.25) is 9.59 Å². The minimum atomic E-state index is -0.635. The van der Waals surface area contributed by atoms with Gasteiger partial charge in [0, 0.05) is 11.1 Å². The van der Waals surface area contributed by atoms with Crippen LogP contribution in [0.4, 0.5) is 0 Å². The van der Waals surface area contributed by atoms with Crippen LogP contribution in [0.5, 0.6) is 11.5 Å². The van der Waals surface area contributed by atoms with Crippen molar-refractivity contribution in [2.75, 3.05) is 0 Å². The van der Waals surface area contributed by atoms with Gasteiger partial charge in [-0.2, -0.15) is 0 Å². The standard InChI is InChI=1S/C20H14N2O3/c21-19(23)14-9-10-15(20(22)24)18-17(14)13-7-2-1-5-11(13)12-6-3-4-8-16(12)25-18/h1-10H,(H2,21,23)(H2,22,24). The van der Waals surface area contributed by atoms with Crippen LogP contribution in [-0.4, -0.2) is 11.8 Å². The second-order valence-electron chi connectivity index (χ2n) is 5.74. The van der Waals surface area contributed by atoms with Gasteiger partial charge in [0.2, 0.25) is 5.91 Å². The van der Waals surface area contributed by atoms with Gasteiger partial charge in [-0.1, -0.05) is 42.5 Å². The van der Waals surface area contributed by atoms with Gasteiger partial charge >= 0.3 is 0 Å². The highest BCUT2D eigenvalue weighted by Crippen LogP contribution is 2.48. The van der Waals surface area contributed by atoms with Crippen LogP contribution >= 0.6 is 0 Å². The summed E-state index contributed by atoms with van der Waals surface area (Å²) in [4.78, 5) is 23.9. The van der Waals surface area contributed by atoms with Gasteiger partial charge < -0.3 is 16.2 Å². The fraction of sp³-hybridized carbons (Fsp3) is 0. The van der Waals surface area contributed by atoms with Gasteiger partial charge in [-0.05, 0) is 29.3 Å². The van der Waals surface area contributed by atoms with Gasteiger partial charge in [0.05, 0.1) is 11.1 Å². The lowest BCUT2D eigenvalue weighted by Crippen LogP contribution is -2.17. The number of para-hydroxylation sites is 1. The van der Waals surface area contributed by atoms with E-state index in [4.69, 9.17) is 16.2 Å². The maximum atomic E-state index is 12.0. The first-order valence-electron chi connectivity index (χ1n) is 7.71. The number of hydrogen-bond donors (Lipinski definition) is 2. The molecule has 0 radical (unpaired) electrons. The van der Waals surface area contributed by atoms with Crippen LogP contribution in [0.25, 0.3) is 22.3 Å². The lowest BCUT2D eigenvalue weighted by atomic mass is 9.90. The Morgan fingerprint density at radius 2 is 1.24 bits per heavy atom. The molecule has 5 nitrogen and oxygen atoms in total. The fourth-order valence-electron chi connectivity index (χ4n) is 3.18. The Labute approximate surface area is 143 Å². The molecule has 3 aromatic rings. The lowest BCUT2D eigenvalue weighted by molar-refractivity contribution is 0.0987.